The van der Waals surface area contributed by atoms with Gasteiger partial charge in [0.25, 0.3) is 5.91 Å². The topological polar surface area (TPSA) is 107 Å². The highest BCUT2D eigenvalue weighted by molar-refractivity contribution is 6.34. The molecule has 1 aromatic carbocycles. The van der Waals surface area contributed by atoms with Gasteiger partial charge in [-0.25, -0.2) is 0 Å². The minimum atomic E-state index is -1.30. The minimum absolute atomic E-state index is 0.134. The van der Waals surface area contributed by atoms with Crippen LogP contribution in [0, 0.1) is 17.8 Å². The fourth-order valence-electron chi connectivity index (χ4n) is 6.54. The molecule has 8 nitrogen and oxygen atoms in total. The minimum Gasteiger partial charge on any atom is -0.481 e. The first kappa shape index (κ1) is 25.7. The fraction of sp³-hybridized carbons (Fsp3) is 0.577. The number of carbonyl (C=O) groups excluding carboxylic acids is 2. The molecule has 2 unspecified atom stereocenters. The number of carboxylic acids is 1. The maximum absolute atomic E-state index is 14.4. The van der Waals surface area contributed by atoms with Crippen molar-refractivity contribution < 1.29 is 29.3 Å². The summed E-state index contributed by atoms with van der Waals surface area (Å²) < 4.78 is 6.57. The van der Waals surface area contributed by atoms with E-state index < -0.39 is 52.9 Å². The summed E-state index contributed by atoms with van der Waals surface area (Å²) in [5, 5.41) is 20.8. The van der Waals surface area contributed by atoms with Crippen molar-refractivity contribution in [2.45, 2.75) is 63.3 Å². The number of carboxylic acid groups (broad SMARTS) is 1. The number of aliphatic hydroxyl groups excluding tert-OH is 1. The van der Waals surface area contributed by atoms with E-state index in [1.54, 1.807) is 30.3 Å². The summed E-state index contributed by atoms with van der Waals surface area (Å²) in [6, 6.07) is 5.13. The van der Waals surface area contributed by atoms with E-state index in [4.69, 9.17) is 16.3 Å². The van der Waals surface area contributed by atoms with Crippen LogP contribution in [0.15, 0.2) is 36.9 Å². The molecule has 0 aliphatic carbocycles. The van der Waals surface area contributed by atoms with E-state index in [2.05, 4.69) is 6.58 Å². The molecule has 3 heterocycles. The first-order chi connectivity index (χ1) is 16.6. The van der Waals surface area contributed by atoms with Gasteiger partial charge in [-0.1, -0.05) is 50.6 Å². The number of ether oxygens (including phenoxy) is 1. The molecule has 2 bridgehead atoms. The number of anilines is 1. The Hall–Kier alpha value is -2.42. The highest BCUT2D eigenvalue weighted by Gasteiger charge is 2.79. The van der Waals surface area contributed by atoms with Gasteiger partial charge in [-0.3, -0.25) is 14.4 Å². The Morgan fingerprint density at radius 1 is 1.34 bits per heavy atom. The Morgan fingerprint density at radius 3 is 2.57 bits per heavy atom. The largest absolute Gasteiger partial charge is 0.481 e. The van der Waals surface area contributed by atoms with Gasteiger partial charge in [0.15, 0.2) is 0 Å². The summed E-state index contributed by atoms with van der Waals surface area (Å²) in [4.78, 5) is 43.7. The van der Waals surface area contributed by atoms with E-state index in [1.807, 2.05) is 20.8 Å². The molecule has 2 N–H and O–H groups in total. The SMILES string of the molecule is C=CCN(C(=O)C1N([C@@H](CO)C(C)C)C(=O)[C@@H]2[C@H](C(=O)O)[C@]3(CC)CCC12O3)c1ccccc1Cl. The molecule has 35 heavy (non-hydrogen) atoms. The summed E-state index contributed by atoms with van der Waals surface area (Å²) in [6.45, 7) is 9.13. The van der Waals surface area contributed by atoms with Crippen LogP contribution >= 0.6 is 11.6 Å². The third-order valence-corrected chi connectivity index (χ3v) is 8.47. The first-order valence-electron chi connectivity index (χ1n) is 12.1. The third-order valence-electron chi connectivity index (χ3n) is 8.15. The monoisotopic (exact) mass is 504 g/mol. The summed E-state index contributed by atoms with van der Waals surface area (Å²) in [5.41, 5.74) is -1.84. The normalized spacial score (nSPS) is 32.1. The third kappa shape index (κ3) is 3.60. The van der Waals surface area contributed by atoms with Crippen molar-refractivity contribution in [3.05, 3.63) is 41.9 Å². The van der Waals surface area contributed by atoms with Crippen molar-refractivity contribution >= 4 is 35.1 Å². The van der Waals surface area contributed by atoms with Crippen molar-refractivity contribution in [3.8, 4) is 0 Å². The van der Waals surface area contributed by atoms with Crippen LogP contribution < -0.4 is 4.90 Å². The summed E-state index contributed by atoms with van der Waals surface area (Å²) in [6.07, 6.45) is 2.82. The predicted molar refractivity (Wildman–Crippen MR) is 131 cm³/mol. The van der Waals surface area contributed by atoms with Crippen molar-refractivity contribution in [2.24, 2.45) is 17.8 Å². The van der Waals surface area contributed by atoms with E-state index in [-0.39, 0.29) is 19.1 Å². The van der Waals surface area contributed by atoms with Crippen molar-refractivity contribution in [3.63, 3.8) is 0 Å². The number of fused-ring (bicyclic) bond motifs is 1. The zero-order valence-corrected chi connectivity index (χ0v) is 21.1. The molecule has 3 saturated heterocycles. The molecule has 0 radical (unpaired) electrons. The second-order valence-electron chi connectivity index (χ2n) is 10.1. The Kier molecular flexibility index (Phi) is 6.76. The van der Waals surface area contributed by atoms with Crippen LogP contribution in [0.1, 0.15) is 40.0 Å². The Morgan fingerprint density at radius 2 is 2.03 bits per heavy atom. The molecule has 1 spiro atoms. The lowest BCUT2D eigenvalue weighted by atomic mass is 9.65. The number of hydrogen-bond acceptors (Lipinski definition) is 5. The summed E-state index contributed by atoms with van der Waals surface area (Å²) in [5.74, 6) is -4.22. The lowest BCUT2D eigenvalue weighted by Crippen LogP contribution is -2.60. The lowest BCUT2D eigenvalue weighted by Gasteiger charge is -2.40. The van der Waals surface area contributed by atoms with Crippen LogP contribution in [0.3, 0.4) is 0 Å². The molecular formula is C26H33ClN2O6. The van der Waals surface area contributed by atoms with Crippen LogP contribution in [0.4, 0.5) is 5.69 Å². The number of hydrogen-bond donors (Lipinski definition) is 2. The zero-order valence-electron chi connectivity index (χ0n) is 20.3. The van der Waals surface area contributed by atoms with Gasteiger partial charge in [-0.15, -0.1) is 6.58 Å². The summed E-state index contributed by atoms with van der Waals surface area (Å²) in [7, 11) is 0. The Labute approximate surface area is 210 Å². The molecule has 2 amide bonds. The van der Waals surface area contributed by atoms with Crippen molar-refractivity contribution in [1.82, 2.24) is 4.90 Å². The lowest BCUT2D eigenvalue weighted by molar-refractivity contribution is -0.158. The van der Waals surface area contributed by atoms with Crippen molar-refractivity contribution in [1.29, 1.82) is 0 Å². The second-order valence-corrected chi connectivity index (χ2v) is 10.5. The van der Waals surface area contributed by atoms with E-state index in [0.29, 0.717) is 30.0 Å². The van der Waals surface area contributed by atoms with E-state index in [1.165, 1.54) is 9.80 Å². The second kappa shape index (κ2) is 9.22. The highest BCUT2D eigenvalue weighted by Crippen LogP contribution is 2.64. The first-order valence-corrected chi connectivity index (χ1v) is 12.5. The number of halogens is 1. The number of rotatable bonds is 9. The maximum atomic E-state index is 14.4. The van der Waals surface area contributed by atoms with Gasteiger partial charge in [-0.2, -0.15) is 0 Å². The van der Waals surface area contributed by atoms with E-state index >= 15 is 0 Å². The van der Waals surface area contributed by atoms with Gasteiger partial charge in [0.1, 0.15) is 17.6 Å². The molecule has 0 saturated carbocycles. The van der Waals surface area contributed by atoms with E-state index in [0.717, 1.165) is 0 Å². The predicted octanol–water partition coefficient (Wildman–Crippen LogP) is 3.12. The van der Waals surface area contributed by atoms with Gasteiger partial charge >= 0.3 is 5.97 Å². The number of carbonyl (C=O) groups is 3. The number of amides is 2. The standard InChI is InChI=1S/C26H33ClN2O6/c1-5-13-28(17-10-8-7-9-16(17)27)23(32)21-26-12-11-25(6-2,35-26)20(24(33)34)19(26)22(31)29(21)18(14-30)15(3)4/h5,7-10,15,18-21,30H,1,6,11-14H2,2-4H3,(H,33,34)/t18-,19-,20+,21?,25-,26?/m0/s1. The molecule has 9 heteroatoms. The molecule has 0 aromatic heterocycles. The molecule has 3 aliphatic rings. The molecular weight excluding hydrogens is 472 g/mol. The number of aliphatic hydroxyl groups is 1. The molecule has 4 rings (SSSR count). The van der Waals surface area contributed by atoms with Crippen LogP contribution in [0.25, 0.3) is 0 Å². The maximum Gasteiger partial charge on any atom is 0.310 e. The Bertz CT molecular complexity index is 1050. The molecule has 6 atom stereocenters. The number of benzene rings is 1. The summed E-state index contributed by atoms with van der Waals surface area (Å²) >= 11 is 6.45. The van der Waals surface area contributed by atoms with Gasteiger partial charge in [-0.05, 0) is 37.3 Å². The number of para-hydroxylation sites is 1. The number of nitrogens with zero attached hydrogens (tertiary/aromatic N) is 2. The average molecular weight is 505 g/mol. The molecule has 1 aromatic rings. The van der Waals surface area contributed by atoms with Crippen LogP contribution in [0.5, 0.6) is 0 Å². The van der Waals surface area contributed by atoms with Gasteiger partial charge in [0.2, 0.25) is 5.91 Å². The zero-order chi connectivity index (χ0) is 25.7. The number of likely N-dealkylation sites (tertiary alicyclic amines) is 1. The smallest absolute Gasteiger partial charge is 0.310 e. The fourth-order valence-corrected chi connectivity index (χ4v) is 6.78. The highest BCUT2D eigenvalue weighted by atomic mass is 35.5. The van der Waals surface area contributed by atoms with Gasteiger partial charge in [0.05, 0.1) is 34.9 Å². The average Bonchev–Trinajstić information content (AvgIpc) is 3.42. The molecule has 190 valence electrons. The van der Waals surface area contributed by atoms with E-state index in [9.17, 15) is 24.6 Å². The van der Waals surface area contributed by atoms with Crippen LogP contribution in [0.2, 0.25) is 5.02 Å². The van der Waals surface area contributed by atoms with Gasteiger partial charge < -0.3 is 24.7 Å². The van der Waals surface area contributed by atoms with Crippen molar-refractivity contribution in [2.75, 3.05) is 18.1 Å². The van der Waals surface area contributed by atoms with Gasteiger partial charge in [0, 0.05) is 6.54 Å². The molecule has 3 aliphatic heterocycles. The molecule has 3 fully saturated rings. The van der Waals surface area contributed by atoms with Crippen LogP contribution in [-0.2, 0) is 19.1 Å². The Balaban J connectivity index is 1.90. The number of aliphatic carboxylic acids is 1. The quantitative estimate of drug-likeness (QED) is 0.500. The van der Waals surface area contributed by atoms with Crippen LogP contribution in [-0.4, -0.2) is 69.3 Å².